The summed E-state index contributed by atoms with van der Waals surface area (Å²) in [6, 6.07) is 11.8. The Labute approximate surface area is 170 Å². The number of aryl methyl sites for hydroxylation is 1. The number of benzene rings is 1. The molecule has 0 radical (unpaired) electrons. The Kier molecular flexibility index (Phi) is 7.16. The van der Waals surface area contributed by atoms with E-state index >= 15 is 0 Å². The van der Waals surface area contributed by atoms with Gasteiger partial charge in [0.05, 0.1) is 5.75 Å². The van der Waals surface area contributed by atoms with Crippen LogP contribution < -0.4 is 10.2 Å². The van der Waals surface area contributed by atoms with Gasteiger partial charge in [-0.3, -0.25) is 4.79 Å². The molecule has 156 valence electrons. The fraction of sp³-hybridized carbons (Fsp3) is 0.400. The minimum absolute atomic E-state index is 0.0603. The summed E-state index contributed by atoms with van der Waals surface area (Å²) >= 11 is 0. The van der Waals surface area contributed by atoms with Gasteiger partial charge in [0.2, 0.25) is 15.9 Å². The van der Waals surface area contributed by atoms with Gasteiger partial charge in [-0.2, -0.15) is 4.31 Å². The predicted molar refractivity (Wildman–Crippen MR) is 110 cm³/mol. The van der Waals surface area contributed by atoms with Crippen molar-refractivity contribution < 1.29 is 17.6 Å². The summed E-state index contributed by atoms with van der Waals surface area (Å²) in [5.74, 6) is 0.124. The van der Waals surface area contributed by atoms with E-state index < -0.39 is 10.0 Å². The van der Waals surface area contributed by atoms with Crippen molar-refractivity contribution in [2.75, 3.05) is 43.4 Å². The summed E-state index contributed by atoms with van der Waals surface area (Å²) in [6.07, 6.45) is 2.31. The van der Waals surface area contributed by atoms with E-state index in [-0.39, 0.29) is 30.4 Å². The lowest BCUT2D eigenvalue weighted by Gasteiger charge is -2.34. The highest BCUT2D eigenvalue weighted by Gasteiger charge is 2.27. The van der Waals surface area contributed by atoms with Crippen LogP contribution in [-0.2, 0) is 21.2 Å². The summed E-state index contributed by atoms with van der Waals surface area (Å²) in [5, 5.41) is 2.64. The molecule has 0 bridgehead atoms. The van der Waals surface area contributed by atoms with Crippen molar-refractivity contribution in [1.82, 2.24) is 14.6 Å². The minimum Gasteiger partial charge on any atom is -0.355 e. The van der Waals surface area contributed by atoms with Gasteiger partial charge in [-0.05, 0) is 36.2 Å². The second kappa shape index (κ2) is 9.80. The number of hydrogen-bond acceptors (Lipinski definition) is 5. The number of carbonyl (C=O) groups excluding carboxylic acids is 1. The molecule has 0 saturated carbocycles. The molecule has 0 aliphatic carbocycles. The molecule has 2 heterocycles. The highest BCUT2D eigenvalue weighted by atomic mass is 32.2. The van der Waals surface area contributed by atoms with Gasteiger partial charge >= 0.3 is 0 Å². The second-order valence-electron chi connectivity index (χ2n) is 6.87. The van der Waals surface area contributed by atoms with Gasteiger partial charge in [0.25, 0.3) is 0 Å². The van der Waals surface area contributed by atoms with E-state index in [1.165, 1.54) is 16.4 Å². The van der Waals surface area contributed by atoms with Crippen molar-refractivity contribution in [3.63, 3.8) is 0 Å². The van der Waals surface area contributed by atoms with Gasteiger partial charge in [-0.25, -0.2) is 17.8 Å². The molecular formula is C20H25FN4O3S. The summed E-state index contributed by atoms with van der Waals surface area (Å²) in [6.45, 7) is 2.01. The number of nitrogens with zero attached hydrogens (tertiary/aromatic N) is 3. The van der Waals surface area contributed by atoms with E-state index in [0.29, 0.717) is 32.6 Å². The van der Waals surface area contributed by atoms with Crippen molar-refractivity contribution in [2.24, 2.45) is 0 Å². The number of pyridine rings is 1. The molecule has 9 heteroatoms. The normalized spacial score (nSPS) is 15.3. The largest absolute Gasteiger partial charge is 0.355 e. The molecule has 1 fully saturated rings. The van der Waals surface area contributed by atoms with Crippen LogP contribution in [0.15, 0.2) is 48.7 Å². The third kappa shape index (κ3) is 6.23. The quantitative estimate of drug-likeness (QED) is 0.699. The highest BCUT2D eigenvalue weighted by molar-refractivity contribution is 7.89. The Bertz CT molecular complexity index is 916. The number of amides is 1. The van der Waals surface area contributed by atoms with Crippen molar-refractivity contribution in [3.8, 4) is 0 Å². The van der Waals surface area contributed by atoms with E-state index in [2.05, 4.69) is 15.2 Å². The molecule has 1 aromatic heterocycles. The molecule has 1 N–H and O–H groups in total. The molecule has 1 amide bonds. The zero-order valence-corrected chi connectivity index (χ0v) is 16.9. The maximum atomic E-state index is 13.1. The molecule has 7 nitrogen and oxygen atoms in total. The topological polar surface area (TPSA) is 82.6 Å². The average Bonchev–Trinajstić information content (AvgIpc) is 2.73. The van der Waals surface area contributed by atoms with Crippen molar-refractivity contribution in [2.45, 2.75) is 12.8 Å². The van der Waals surface area contributed by atoms with E-state index in [0.717, 1.165) is 11.4 Å². The molecule has 0 unspecified atom stereocenters. The zero-order chi connectivity index (χ0) is 20.7. The number of aromatic nitrogens is 1. The van der Waals surface area contributed by atoms with E-state index in [1.807, 2.05) is 18.2 Å². The standard InChI is InChI=1S/C20H25FN4O3S/c21-18-5-3-4-17(16-18)7-8-20(26)23-10-15-29(27,28)25-13-11-24(12-14-25)19-6-1-2-9-22-19/h1-6,9,16H,7-8,10-15H2,(H,23,26). The first kappa shape index (κ1) is 21.2. The van der Waals surface area contributed by atoms with Gasteiger partial charge in [-0.15, -0.1) is 0 Å². The Hall–Kier alpha value is -2.52. The predicted octanol–water partition coefficient (Wildman–Crippen LogP) is 1.42. The Morgan fingerprint density at radius 2 is 1.90 bits per heavy atom. The lowest BCUT2D eigenvalue weighted by atomic mass is 10.1. The van der Waals surface area contributed by atoms with Crippen LogP contribution in [0.3, 0.4) is 0 Å². The molecule has 1 saturated heterocycles. The van der Waals surface area contributed by atoms with Crippen LogP contribution in [0.25, 0.3) is 0 Å². The molecule has 1 aromatic carbocycles. The molecule has 0 atom stereocenters. The fourth-order valence-corrected chi connectivity index (χ4v) is 4.56. The van der Waals surface area contributed by atoms with Crippen LogP contribution >= 0.6 is 0 Å². The number of anilines is 1. The molecular weight excluding hydrogens is 395 g/mol. The molecule has 0 spiro atoms. The summed E-state index contributed by atoms with van der Waals surface area (Å²) < 4.78 is 39.7. The number of nitrogens with one attached hydrogen (secondary N) is 1. The second-order valence-corrected chi connectivity index (χ2v) is 8.96. The third-order valence-corrected chi connectivity index (χ3v) is 6.69. The van der Waals surface area contributed by atoms with Gasteiger partial charge in [0.15, 0.2) is 0 Å². The number of carbonyl (C=O) groups is 1. The summed E-state index contributed by atoms with van der Waals surface area (Å²) in [5.41, 5.74) is 0.735. The van der Waals surface area contributed by atoms with Crippen LogP contribution in [-0.4, -0.2) is 62.1 Å². The first-order chi connectivity index (χ1) is 13.9. The molecule has 1 aliphatic heterocycles. The Morgan fingerprint density at radius 1 is 1.10 bits per heavy atom. The van der Waals surface area contributed by atoms with Crippen molar-refractivity contribution in [3.05, 3.63) is 60.0 Å². The van der Waals surface area contributed by atoms with Gasteiger partial charge in [0, 0.05) is 45.3 Å². The van der Waals surface area contributed by atoms with Gasteiger partial charge in [-0.1, -0.05) is 18.2 Å². The molecule has 1 aliphatic rings. The number of sulfonamides is 1. The number of hydrogen-bond donors (Lipinski definition) is 1. The van der Waals surface area contributed by atoms with Crippen LogP contribution in [0, 0.1) is 5.82 Å². The monoisotopic (exact) mass is 420 g/mol. The third-order valence-electron chi connectivity index (χ3n) is 4.82. The lowest BCUT2D eigenvalue weighted by Crippen LogP contribution is -2.50. The van der Waals surface area contributed by atoms with Crippen LogP contribution in [0.1, 0.15) is 12.0 Å². The smallest absolute Gasteiger partial charge is 0.220 e. The van der Waals surface area contributed by atoms with Crippen molar-refractivity contribution in [1.29, 1.82) is 0 Å². The van der Waals surface area contributed by atoms with E-state index in [4.69, 9.17) is 0 Å². The average molecular weight is 421 g/mol. The minimum atomic E-state index is -3.44. The maximum absolute atomic E-state index is 13.1. The maximum Gasteiger partial charge on any atom is 0.220 e. The number of rotatable bonds is 8. The highest BCUT2D eigenvalue weighted by Crippen LogP contribution is 2.14. The van der Waals surface area contributed by atoms with Gasteiger partial charge < -0.3 is 10.2 Å². The first-order valence-electron chi connectivity index (χ1n) is 9.59. The van der Waals surface area contributed by atoms with E-state index in [9.17, 15) is 17.6 Å². The zero-order valence-electron chi connectivity index (χ0n) is 16.1. The van der Waals surface area contributed by atoms with E-state index in [1.54, 1.807) is 18.3 Å². The number of halogens is 1. The Morgan fingerprint density at radius 3 is 2.59 bits per heavy atom. The van der Waals surface area contributed by atoms with Crippen LogP contribution in [0.4, 0.5) is 10.2 Å². The van der Waals surface area contributed by atoms with Crippen LogP contribution in [0.2, 0.25) is 0 Å². The lowest BCUT2D eigenvalue weighted by molar-refractivity contribution is -0.120. The summed E-state index contributed by atoms with van der Waals surface area (Å²) in [7, 11) is -3.44. The molecule has 2 aromatic rings. The molecule has 29 heavy (non-hydrogen) atoms. The SMILES string of the molecule is O=C(CCc1cccc(F)c1)NCCS(=O)(=O)N1CCN(c2ccccn2)CC1. The van der Waals surface area contributed by atoms with Crippen molar-refractivity contribution >= 4 is 21.7 Å². The van der Waals surface area contributed by atoms with Crippen LogP contribution in [0.5, 0.6) is 0 Å². The molecule has 3 rings (SSSR count). The Balaban J connectivity index is 1.39. The van der Waals surface area contributed by atoms with Gasteiger partial charge in [0.1, 0.15) is 11.6 Å². The number of piperazine rings is 1. The first-order valence-corrected chi connectivity index (χ1v) is 11.2. The summed E-state index contributed by atoms with van der Waals surface area (Å²) in [4.78, 5) is 18.3. The fourth-order valence-electron chi connectivity index (χ4n) is 3.22.